The predicted molar refractivity (Wildman–Crippen MR) is 130 cm³/mol. The zero-order chi connectivity index (χ0) is 22.7. The maximum atomic E-state index is 12.0. The van der Waals surface area contributed by atoms with Crippen molar-refractivity contribution in [2.75, 3.05) is 0 Å². The second-order valence-electron chi connectivity index (χ2n) is 8.09. The summed E-state index contributed by atoms with van der Waals surface area (Å²) in [6, 6.07) is 22.4. The van der Waals surface area contributed by atoms with Gasteiger partial charge in [-0.05, 0) is 42.5 Å². The van der Waals surface area contributed by atoms with Gasteiger partial charge in [0.25, 0.3) is 0 Å². The third-order valence-electron chi connectivity index (χ3n) is 5.58. The van der Waals surface area contributed by atoms with Crippen LogP contribution in [0.5, 0.6) is 0 Å². The molecule has 2 aromatic heterocycles. The molecular formula is C27H29N5O. The van der Waals surface area contributed by atoms with Gasteiger partial charge < -0.3 is 5.32 Å². The number of nitrogens with one attached hydrogen (secondary N) is 1. The van der Waals surface area contributed by atoms with Crippen molar-refractivity contribution in [2.24, 2.45) is 0 Å². The first-order valence-electron chi connectivity index (χ1n) is 11.5. The average Bonchev–Trinajstić information content (AvgIpc) is 3.35. The molecule has 4 aromatic rings. The molecule has 0 saturated carbocycles. The number of aryl methyl sites for hydroxylation is 1. The fraction of sp³-hybridized carbons (Fsp3) is 0.259. The lowest BCUT2D eigenvalue weighted by atomic mass is 10.0. The molecular weight excluding hydrogens is 410 g/mol. The van der Waals surface area contributed by atoms with E-state index in [1.807, 2.05) is 53.3 Å². The molecule has 6 heteroatoms. The molecule has 0 saturated heterocycles. The topological polar surface area (TPSA) is 72.7 Å². The normalized spacial score (nSPS) is 10.8. The van der Waals surface area contributed by atoms with Crippen molar-refractivity contribution in [3.8, 4) is 16.8 Å². The Morgan fingerprint density at radius 1 is 0.879 bits per heavy atom. The van der Waals surface area contributed by atoms with Crippen molar-refractivity contribution in [2.45, 2.75) is 45.1 Å². The monoisotopic (exact) mass is 439 g/mol. The number of unbranched alkanes of at least 4 members (excludes halogenated alkanes) is 3. The molecule has 2 aromatic carbocycles. The summed E-state index contributed by atoms with van der Waals surface area (Å²) in [5.41, 5.74) is 5.34. The summed E-state index contributed by atoms with van der Waals surface area (Å²) in [4.78, 5) is 16.0. The van der Waals surface area contributed by atoms with E-state index in [-0.39, 0.29) is 5.91 Å². The highest BCUT2D eigenvalue weighted by molar-refractivity contribution is 5.75. The maximum Gasteiger partial charge on any atom is 0.220 e. The predicted octanol–water partition coefficient (Wildman–Crippen LogP) is 5.14. The van der Waals surface area contributed by atoms with Crippen LogP contribution >= 0.6 is 0 Å². The summed E-state index contributed by atoms with van der Waals surface area (Å²) in [6.07, 6.45) is 11.0. The summed E-state index contributed by atoms with van der Waals surface area (Å²) in [6.45, 7) is 0.537. The van der Waals surface area contributed by atoms with Gasteiger partial charge in [-0.25, -0.2) is 4.68 Å². The largest absolute Gasteiger partial charge is 0.352 e. The third kappa shape index (κ3) is 6.59. The number of hydrogen-bond acceptors (Lipinski definition) is 4. The maximum absolute atomic E-state index is 12.0. The number of hydrogen-bond donors (Lipinski definition) is 1. The fourth-order valence-electron chi connectivity index (χ4n) is 3.80. The molecule has 0 bridgehead atoms. The van der Waals surface area contributed by atoms with Gasteiger partial charge in [0, 0.05) is 30.9 Å². The third-order valence-corrected chi connectivity index (χ3v) is 5.58. The SMILES string of the molecule is O=C(CCCCCCc1cn(-c2ccccc2-c2ccccc2)nn1)NCc1cccnc1. The lowest BCUT2D eigenvalue weighted by molar-refractivity contribution is -0.121. The molecule has 0 atom stereocenters. The molecule has 168 valence electrons. The number of aromatic nitrogens is 4. The molecule has 0 aliphatic carbocycles. The van der Waals surface area contributed by atoms with E-state index in [4.69, 9.17) is 0 Å². The van der Waals surface area contributed by atoms with Gasteiger partial charge in [-0.15, -0.1) is 5.10 Å². The van der Waals surface area contributed by atoms with E-state index in [1.54, 1.807) is 12.4 Å². The van der Waals surface area contributed by atoms with Gasteiger partial charge >= 0.3 is 0 Å². The van der Waals surface area contributed by atoms with Gasteiger partial charge in [-0.1, -0.05) is 72.7 Å². The Balaban J connectivity index is 1.19. The Bertz CT molecular complexity index is 1140. The van der Waals surface area contributed by atoms with E-state index in [9.17, 15) is 4.79 Å². The van der Waals surface area contributed by atoms with Gasteiger partial charge in [-0.3, -0.25) is 9.78 Å². The molecule has 0 aliphatic heterocycles. The zero-order valence-electron chi connectivity index (χ0n) is 18.7. The van der Waals surface area contributed by atoms with Gasteiger partial charge in [0.15, 0.2) is 0 Å². The minimum absolute atomic E-state index is 0.0962. The smallest absolute Gasteiger partial charge is 0.220 e. The first kappa shape index (κ1) is 22.4. The van der Waals surface area contributed by atoms with Crippen molar-refractivity contribution < 1.29 is 4.79 Å². The molecule has 6 nitrogen and oxygen atoms in total. The minimum Gasteiger partial charge on any atom is -0.352 e. The Labute approximate surface area is 194 Å². The van der Waals surface area contributed by atoms with Crippen LogP contribution < -0.4 is 5.32 Å². The van der Waals surface area contributed by atoms with Crippen molar-refractivity contribution in [3.63, 3.8) is 0 Å². The molecule has 1 N–H and O–H groups in total. The number of amides is 1. The number of carbonyl (C=O) groups excluding carboxylic acids is 1. The number of benzene rings is 2. The lowest BCUT2D eigenvalue weighted by Crippen LogP contribution is -2.22. The molecule has 1 amide bonds. The summed E-state index contributed by atoms with van der Waals surface area (Å²) in [5, 5.41) is 11.7. The van der Waals surface area contributed by atoms with Crippen molar-refractivity contribution in [3.05, 3.63) is 96.6 Å². The number of para-hydroxylation sites is 1. The van der Waals surface area contributed by atoms with E-state index < -0.39 is 0 Å². The van der Waals surface area contributed by atoms with Gasteiger partial charge in [-0.2, -0.15) is 0 Å². The number of carbonyl (C=O) groups is 1. The molecule has 0 spiro atoms. The first-order chi connectivity index (χ1) is 16.3. The molecule has 4 rings (SSSR count). The summed E-state index contributed by atoms with van der Waals surface area (Å²) in [5.74, 6) is 0.0962. The van der Waals surface area contributed by atoms with E-state index in [1.165, 1.54) is 0 Å². The minimum atomic E-state index is 0.0962. The molecule has 33 heavy (non-hydrogen) atoms. The Morgan fingerprint density at radius 3 is 2.55 bits per heavy atom. The second-order valence-corrected chi connectivity index (χ2v) is 8.09. The van der Waals surface area contributed by atoms with Crippen LogP contribution in [0, 0.1) is 0 Å². The van der Waals surface area contributed by atoms with Gasteiger partial charge in [0.2, 0.25) is 5.91 Å². The Hall–Kier alpha value is -3.80. The number of rotatable bonds is 11. The van der Waals surface area contributed by atoms with Crippen LogP contribution in [0.1, 0.15) is 43.4 Å². The van der Waals surface area contributed by atoms with Crippen molar-refractivity contribution in [1.29, 1.82) is 0 Å². The highest BCUT2D eigenvalue weighted by Gasteiger charge is 2.09. The fourth-order valence-corrected chi connectivity index (χ4v) is 3.80. The summed E-state index contributed by atoms with van der Waals surface area (Å²) < 4.78 is 1.87. The number of nitrogens with zero attached hydrogens (tertiary/aromatic N) is 4. The van der Waals surface area contributed by atoms with E-state index in [2.05, 4.69) is 44.9 Å². The average molecular weight is 440 g/mol. The van der Waals surface area contributed by atoms with Crippen LogP contribution in [0.15, 0.2) is 85.3 Å². The van der Waals surface area contributed by atoms with Crippen LogP contribution in [0.25, 0.3) is 16.8 Å². The Morgan fingerprint density at radius 2 is 1.70 bits per heavy atom. The van der Waals surface area contributed by atoms with Crippen molar-refractivity contribution in [1.82, 2.24) is 25.3 Å². The Kier molecular flexibility index (Phi) is 7.95. The van der Waals surface area contributed by atoms with E-state index >= 15 is 0 Å². The second kappa shape index (κ2) is 11.7. The molecule has 0 unspecified atom stereocenters. The highest BCUT2D eigenvalue weighted by atomic mass is 16.1. The highest BCUT2D eigenvalue weighted by Crippen LogP contribution is 2.26. The van der Waals surface area contributed by atoms with E-state index in [0.29, 0.717) is 13.0 Å². The van der Waals surface area contributed by atoms with Gasteiger partial charge in [0.1, 0.15) is 0 Å². The van der Waals surface area contributed by atoms with Gasteiger partial charge in [0.05, 0.1) is 17.6 Å². The molecule has 0 radical (unpaired) electrons. The zero-order valence-corrected chi connectivity index (χ0v) is 18.7. The standard InChI is InChI=1S/C27H29N5O/c33-27(29-20-22-11-10-18-28-19-22)17-7-2-1-6-14-24-21-32(31-30-24)26-16-9-8-15-25(26)23-12-4-3-5-13-23/h3-5,8-13,15-16,18-19,21H,1-2,6-7,14,17,20H2,(H,29,33). The summed E-state index contributed by atoms with van der Waals surface area (Å²) in [7, 11) is 0. The van der Waals surface area contributed by atoms with Crippen LogP contribution in [0.3, 0.4) is 0 Å². The first-order valence-corrected chi connectivity index (χ1v) is 11.5. The summed E-state index contributed by atoms with van der Waals surface area (Å²) >= 11 is 0. The van der Waals surface area contributed by atoms with Crippen LogP contribution in [0.2, 0.25) is 0 Å². The van der Waals surface area contributed by atoms with Crippen molar-refractivity contribution >= 4 is 5.91 Å². The van der Waals surface area contributed by atoms with Crippen LogP contribution in [-0.4, -0.2) is 25.9 Å². The molecule has 0 aliphatic rings. The lowest BCUT2D eigenvalue weighted by Gasteiger charge is -2.08. The quantitative estimate of drug-likeness (QED) is 0.329. The van der Waals surface area contributed by atoms with Crippen LogP contribution in [0.4, 0.5) is 0 Å². The van der Waals surface area contributed by atoms with E-state index in [0.717, 1.165) is 60.2 Å². The van der Waals surface area contributed by atoms with Crippen LogP contribution in [-0.2, 0) is 17.8 Å². The number of pyridine rings is 1. The molecule has 2 heterocycles. The molecule has 0 fully saturated rings.